The summed E-state index contributed by atoms with van der Waals surface area (Å²) in [4.78, 5) is 18.6. The number of hydrogen-bond donors (Lipinski definition) is 1. The Bertz CT molecular complexity index is 756. The van der Waals surface area contributed by atoms with Crippen molar-refractivity contribution in [2.45, 2.75) is 0 Å². The molecule has 2 heterocycles. The van der Waals surface area contributed by atoms with Crippen molar-refractivity contribution >= 4 is 27.8 Å². The molecule has 0 unspecified atom stereocenters. The fourth-order valence-electron chi connectivity index (χ4n) is 1.78. The van der Waals surface area contributed by atoms with Crippen LogP contribution in [0, 0.1) is 10.1 Å². The van der Waals surface area contributed by atoms with Crippen LogP contribution in [0.4, 0.5) is 16.5 Å². The molecule has 0 aliphatic heterocycles. The van der Waals surface area contributed by atoms with Crippen molar-refractivity contribution in [3.8, 4) is 11.3 Å². The highest BCUT2D eigenvalue weighted by Gasteiger charge is 2.07. The first-order chi connectivity index (χ1) is 10.2. The molecule has 0 atom stereocenters. The molecule has 0 fully saturated rings. The minimum Gasteiger partial charge on any atom is -0.332 e. The SMILES string of the molecule is O=[N+]([O-])c1ccc(Nc2nc(-c3ccncc3)cs2)cc1. The second-order valence-corrected chi connectivity index (χ2v) is 5.06. The van der Waals surface area contributed by atoms with E-state index in [2.05, 4.69) is 15.3 Å². The molecule has 0 bridgehead atoms. The standard InChI is InChI=1S/C14H10N4O2S/c19-18(20)12-3-1-11(2-4-12)16-14-17-13(9-21-14)10-5-7-15-8-6-10/h1-9H,(H,16,17). The van der Waals surface area contributed by atoms with Gasteiger partial charge >= 0.3 is 0 Å². The summed E-state index contributed by atoms with van der Waals surface area (Å²) in [6.07, 6.45) is 3.44. The lowest BCUT2D eigenvalue weighted by molar-refractivity contribution is -0.384. The Morgan fingerprint density at radius 3 is 2.48 bits per heavy atom. The number of nitrogens with one attached hydrogen (secondary N) is 1. The van der Waals surface area contributed by atoms with Gasteiger partial charge in [0.15, 0.2) is 5.13 Å². The van der Waals surface area contributed by atoms with Gasteiger partial charge in [-0.05, 0) is 24.3 Å². The minimum absolute atomic E-state index is 0.0668. The monoisotopic (exact) mass is 298 g/mol. The number of nitrogens with zero attached hydrogens (tertiary/aromatic N) is 3. The highest BCUT2D eigenvalue weighted by atomic mass is 32.1. The molecule has 0 radical (unpaired) electrons. The van der Waals surface area contributed by atoms with Crippen LogP contribution in [-0.4, -0.2) is 14.9 Å². The number of pyridine rings is 1. The van der Waals surface area contributed by atoms with Gasteiger partial charge in [0.25, 0.3) is 5.69 Å². The van der Waals surface area contributed by atoms with Gasteiger partial charge in [-0.25, -0.2) is 4.98 Å². The van der Waals surface area contributed by atoms with E-state index in [-0.39, 0.29) is 5.69 Å². The summed E-state index contributed by atoms with van der Waals surface area (Å²) >= 11 is 1.47. The first-order valence-electron chi connectivity index (χ1n) is 6.10. The van der Waals surface area contributed by atoms with Crippen molar-refractivity contribution in [2.75, 3.05) is 5.32 Å². The van der Waals surface area contributed by atoms with Gasteiger partial charge in [-0.2, -0.15) is 0 Å². The molecule has 0 saturated carbocycles. The fraction of sp³-hybridized carbons (Fsp3) is 0. The Morgan fingerprint density at radius 2 is 1.81 bits per heavy atom. The summed E-state index contributed by atoms with van der Waals surface area (Å²) < 4.78 is 0. The topological polar surface area (TPSA) is 81.0 Å². The lowest BCUT2D eigenvalue weighted by Crippen LogP contribution is -1.91. The molecule has 0 amide bonds. The van der Waals surface area contributed by atoms with E-state index < -0.39 is 4.92 Å². The molecule has 3 rings (SSSR count). The molecule has 0 aliphatic rings. The largest absolute Gasteiger partial charge is 0.332 e. The van der Waals surface area contributed by atoms with Crippen LogP contribution in [0.1, 0.15) is 0 Å². The summed E-state index contributed by atoms with van der Waals surface area (Å²) in [5.41, 5.74) is 2.69. The van der Waals surface area contributed by atoms with Crippen molar-refractivity contribution < 1.29 is 4.92 Å². The van der Waals surface area contributed by atoms with Gasteiger partial charge in [-0.1, -0.05) is 0 Å². The van der Waals surface area contributed by atoms with E-state index in [0.29, 0.717) is 0 Å². The van der Waals surface area contributed by atoms with Gasteiger partial charge in [0.05, 0.1) is 10.6 Å². The second kappa shape index (κ2) is 5.68. The summed E-state index contributed by atoms with van der Waals surface area (Å²) in [7, 11) is 0. The third kappa shape index (κ3) is 3.03. The van der Waals surface area contributed by atoms with Crippen LogP contribution in [0.5, 0.6) is 0 Å². The lowest BCUT2D eigenvalue weighted by atomic mass is 10.2. The first-order valence-corrected chi connectivity index (χ1v) is 6.98. The Hall–Kier alpha value is -2.80. The van der Waals surface area contributed by atoms with Crippen LogP contribution in [0.2, 0.25) is 0 Å². The van der Waals surface area contributed by atoms with Crippen LogP contribution in [-0.2, 0) is 0 Å². The fourth-order valence-corrected chi connectivity index (χ4v) is 2.52. The van der Waals surface area contributed by atoms with Crippen LogP contribution >= 0.6 is 11.3 Å². The Kier molecular flexibility index (Phi) is 3.57. The normalized spacial score (nSPS) is 10.3. The van der Waals surface area contributed by atoms with E-state index in [1.54, 1.807) is 24.5 Å². The highest BCUT2D eigenvalue weighted by molar-refractivity contribution is 7.14. The number of aromatic nitrogens is 2. The van der Waals surface area contributed by atoms with Crippen molar-refractivity contribution in [3.63, 3.8) is 0 Å². The molecular weight excluding hydrogens is 288 g/mol. The minimum atomic E-state index is -0.422. The molecule has 1 N–H and O–H groups in total. The number of non-ortho nitro benzene ring substituents is 1. The van der Waals surface area contributed by atoms with Gasteiger partial charge in [0.2, 0.25) is 0 Å². The molecule has 0 aliphatic carbocycles. The van der Waals surface area contributed by atoms with E-state index >= 15 is 0 Å². The zero-order valence-electron chi connectivity index (χ0n) is 10.8. The smallest absolute Gasteiger partial charge is 0.269 e. The number of anilines is 2. The summed E-state index contributed by atoms with van der Waals surface area (Å²) in [6.45, 7) is 0. The zero-order chi connectivity index (χ0) is 14.7. The Morgan fingerprint density at radius 1 is 1.10 bits per heavy atom. The average molecular weight is 298 g/mol. The van der Waals surface area contributed by atoms with Gasteiger partial charge < -0.3 is 5.32 Å². The Balaban J connectivity index is 1.77. The van der Waals surface area contributed by atoms with Crippen LogP contribution in [0.25, 0.3) is 11.3 Å². The van der Waals surface area contributed by atoms with Crippen molar-refractivity contribution in [2.24, 2.45) is 0 Å². The van der Waals surface area contributed by atoms with Crippen molar-refractivity contribution in [3.05, 3.63) is 64.3 Å². The van der Waals surface area contributed by atoms with Crippen LogP contribution in [0.15, 0.2) is 54.2 Å². The highest BCUT2D eigenvalue weighted by Crippen LogP contribution is 2.27. The molecule has 2 aromatic heterocycles. The van der Waals surface area contributed by atoms with Crippen molar-refractivity contribution in [1.29, 1.82) is 0 Å². The maximum absolute atomic E-state index is 10.6. The number of hydrogen-bond acceptors (Lipinski definition) is 6. The summed E-state index contributed by atoms with van der Waals surface area (Å²) in [5.74, 6) is 0. The molecule has 6 nitrogen and oxygen atoms in total. The number of rotatable bonds is 4. The third-order valence-corrected chi connectivity index (χ3v) is 3.57. The number of nitro benzene ring substituents is 1. The molecule has 3 aromatic rings. The van der Waals surface area contributed by atoms with E-state index in [1.807, 2.05) is 17.5 Å². The molecular formula is C14H10N4O2S. The zero-order valence-corrected chi connectivity index (χ0v) is 11.6. The predicted molar refractivity (Wildman–Crippen MR) is 81.7 cm³/mol. The Labute approximate surface area is 124 Å². The second-order valence-electron chi connectivity index (χ2n) is 4.20. The van der Waals surface area contributed by atoms with E-state index in [1.165, 1.54) is 23.5 Å². The molecule has 0 spiro atoms. The lowest BCUT2D eigenvalue weighted by Gasteiger charge is -2.01. The molecule has 21 heavy (non-hydrogen) atoms. The van der Waals surface area contributed by atoms with Crippen LogP contribution < -0.4 is 5.32 Å². The number of thiazole rings is 1. The van der Waals surface area contributed by atoms with Crippen molar-refractivity contribution in [1.82, 2.24) is 9.97 Å². The van der Waals surface area contributed by atoms with E-state index in [0.717, 1.165) is 22.1 Å². The molecule has 0 saturated heterocycles. The maximum atomic E-state index is 10.6. The van der Waals surface area contributed by atoms with Gasteiger partial charge in [0, 0.05) is 41.2 Å². The van der Waals surface area contributed by atoms with Gasteiger partial charge in [-0.15, -0.1) is 11.3 Å². The van der Waals surface area contributed by atoms with Gasteiger partial charge in [0.1, 0.15) is 0 Å². The number of nitro groups is 1. The number of benzene rings is 1. The summed E-state index contributed by atoms with van der Waals surface area (Å²) in [6, 6.07) is 10.0. The van der Waals surface area contributed by atoms with Crippen LogP contribution in [0.3, 0.4) is 0 Å². The van der Waals surface area contributed by atoms with E-state index in [9.17, 15) is 10.1 Å². The molecule has 1 aromatic carbocycles. The molecule has 7 heteroatoms. The molecule has 104 valence electrons. The average Bonchev–Trinajstić information content (AvgIpc) is 2.97. The van der Waals surface area contributed by atoms with Gasteiger partial charge in [-0.3, -0.25) is 15.1 Å². The van der Waals surface area contributed by atoms with E-state index in [4.69, 9.17) is 0 Å². The predicted octanol–water partition coefficient (Wildman–Crippen LogP) is 3.86. The maximum Gasteiger partial charge on any atom is 0.269 e. The third-order valence-electron chi connectivity index (χ3n) is 2.81. The first kappa shape index (κ1) is 13.2. The quantitative estimate of drug-likeness (QED) is 0.584. The summed E-state index contributed by atoms with van der Waals surface area (Å²) in [5, 5.41) is 16.4.